The summed E-state index contributed by atoms with van der Waals surface area (Å²) in [7, 11) is 0. The molecular weight excluding hydrogens is 320 g/mol. The number of nitrogens with one attached hydrogen (secondary N) is 1. The molecule has 0 spiro atoms. The van der Waals surface area contributed by atoms with E-state index in [1.807, 2.05) is 30.3 Å². The molecule has 0 saturated carbocycles. The lowest BCUT2D eigenvalue weighted by atomic mass is 10.1. The fourth-order valence-corrected chi connectivity index (χ4v) is 2.32. The number of aromatic nitrogens is 3. The van der Waals surface area contributed by atoms with Gasteiger partial charge in [-0.25, -0.2) is 0 Å². The van der Waals surface area contributed by atoms with E-state index in [2.05, 4.69) is 20.5 Å². The molecule has 122 valence electrons. The molecule has 25 heavy (non-hydrogen) atoms. The predicted octanol–water partition coefficient (Wildman–Crippen LogP) is 3.64. The molecule has 0 atom stereocenters. The minimum atomic E-state index is -0.365. The maximum Gasteiger partial charge on any atom is 0.322 e. The molecular formula is C18H12N4O3. The van der Waals surface area contributed by atoms with Crippen LogP contribution in [0.1, 0.15) is 10.4 Å². The molecule has 7 nitrogen and oxygen atoms in total. The van der Waals surface area contributed by atoms with Gasteiger partial charge in [0, 0.05) is 23.5 Å². The highest BCUT2D eigenvalue weighted by molar-refractivity contribution is 6.02. The molecule has 3 aromatic heterocycles. The lowest BCUT2D eigenvalue weighted by molar-refractivity contribution is 0.102. The number of benzene rings is 1. The molecule has 1 aromatic carbocycles. The third kappa shape index (κ3) is 3.16. The van der Waals surface area contributed by atoms with Crippen LogP contribution in [0.2, 0.25) is 0 Å². The maximum atomic E-state index is 12.1. The van der Waals surface area contributed by atoms with Crippen LogP contribution in [0.3, 0.4) is 0 Å². The SMILES string of the molecule is O=C(Nc1nnc(-c2cccc(-c3ccoc3)c2)o1)c1cccnc1. The van der Waals surface area contributed by atoms with E-state index in [1.54, 1.807) is 30.9 Å². The maximum absolute atomic E-state index is 12.1. The highest BCUT2D eigenvalue weighted by Gasteiger charge is 2.13. The Bertz CT molecular complexity index is 994. The summed E-state index contributed by atoms with van der Waals surface area (Å²) in [4.78, 5) is 16.0. The highest BCUT2D eigenvalue weighted by atomic mass is 16.4. The van der Waals surface area contributed by atoms with Gasteiger partial charge in [-0.1, -0.05) is 17.2 Å². The van der Waals surface area contributed by atoms with Crippen LogP contribution in [0.5, 0.6) is 0 Å². The van der Waals surface area contributed by atoms with Crippen molar-refractivity contribution in [3.05, 3.63) is 72.9 Å². The van der Waals surface area contributed by atoms with Crippen LogP contribution in [0.25, 0.3) is 22.6 Å². The van der Waals surface area contributed by atoms with Crippen LogP contribution in [0, 0.1) is 0 Å². The van der Waals surface area contributed by atoms with Gasteiger partial charge in [0.05, 0.1) is 18.1 Å². The summed E-state index contributed by atoms with van der Waals surface area (Å²) in [5.41, 5.74) is 3.06. The van der Waals surface area contributed by atoms with Crippen LogP contribution >= 0.6 is 0 Å². The largest absolute Gasteiger partial charge is 0.472 e. The average Bonchev–Trinajstić information content (AvgIpc) is 3.35. The second-order valence-electron chi connectivity index (χ2n) is 5.20. The molecule has 0 bridgehead atoms. The second-order valence-corrected chi connectivity index (χ2v) is 5.20. The summed E-state index contributed by atoms with van der Waals surface area (Å²) in [6, 6.07) is 12.8. The normalized spacial score (nSPS) is 10.6. The van der Waals surface area contributed by atoms with Gasteiger partial charge >= 0.3 is 6.01 Å². The lowest BCUT2D eigenvalue weighted by Crippen LogP contribution is -2.12. The van der Waals surface area contributed by atoms with Crippen LogP contribution in [-0.2, 0) is 0 Å². The number of carbonyl (C=O) groups is 1. The Balaban J connectivity index is 1.55. The molecule has 1 amide bonds. The summed E-state index contributed by atoms with van der Waals surface area (Å²) < 4.78 is 10.6. The number of amides is 1. The van der Waals surface area contributed by atoms with Gasteiger partial charge in [-0.3, -0.25) is 15.1 Å². The molecule has 7 heteroatoms. The first-order valence-corrected chi connectivity index (χ1v) is 7.47. The summed E-state index contributed by atoms with van der Waals surface area (Å²) in [6.45, 7) is 0. The van der Waals surface area contributed by atoms with E-state index in [0.29, 0.717) is 11.5 Å². The Morgan fingerprint density at radius 3 is 2.72 bits per heavy atom. The van der Waals surface area contributed by atoms with Gasteiger partial charge in [0.15, 0.2) is 0 Å². The molecule has 0 aliphatic heterocycles. The zero-order valence-electron chi connectivity index (χ0n) is 12.9. The quantitative estimate of drug-likeness (QED) is 0.613. The van der Waals surface area contributed by atoms with E-state index in [-0.39, 0.29) is 11.9 Å². The third-order valence-corrected chi connectivity index (χ3v) is 3.53. The number of nitrogens with zero attached hydrogens (tertiary/aromatic N) is 3. The van der Waals surface area contributed by atoms with Gasteiger partial charge in [0.25, 0.3) is 5.91 Å². The van der Waals surface area contributed by atoms with E-state index in [4.69, 9.17) is 8.83 Å². The lowest BCUT2D eigenvalue weighted by Gasteiger charge is -2.00. The van der Waals surface area contributed by atoms with Crippen LogP contribution in [-0.4, -0.2) is 21.1 Å². The van der Waals surface area contributed by atoms with Crippen LogP contribution in [0.15, 0.2) is 76.2 Å². The van der Waals surface area contributed by atoms with Crippen molar-refractivity contribution in [3.8, 4) is 22.6 Å². The molecule has 0 fully saturated rings. The van der Waals surface area contributed by atoms with Crippen LogP contribution in [0.4, 0.5) is 6.01 Å². The topological polar surface area (TPSA) is 94.1 Å². The van der Waals surface area contributed by atoms with Crippen molar-refractivity contribution in [1.82, 2.24) is 15.2 Å². The number of anilines is 1. The van der Waals surface area contributed by atoms with Gasteiger partial charge in [0.1, 0.15) is 0 Å². The minimum absolute atomic E-state index is 0.0255. The van der Waals surface area contributed by atoms with Crippen molar-refractivity contribution in [3.63, 3.8) is 0 Å². The Morgan fingerprint density at radius 2 is 1.92 bits per heavy atom. The molecule has 0 aliphatic rings. The molecule has 0 radical (unpaired) electrons. The van der Waals surface area contributed by atoms with Crippen molar-refractivity contribution < 1.29 is 13.6 Å². The molecule has 0 saturated heterocycles. The Kier molecular flexibility index (Phi) is 3.80. The van der Waals surface area contributed by atoms with Crippen LogP contribution < -0.4 is 5.32 Å². The first kappa shape index (κ1) is 14.8. The highest BCUT2D eigenvalue weighted by Crippen LogP contribution is 2.26. The van der Waals surface area contributed by atoms with E-state index in [0.717, 1.165) is 16.7 Å². The Labute approximate surface area is 142 Å². The average molecular weight is 332 g/mol. The van der Waals surface area contributed by atoms with Gasteiger partial charge in [-0.15, -0.1) is 5.10 Å². The zero-order chi connectivity index (χ0) is 17.1. The Hall–Kier alpha value is -3.74. The van der Waals surface area contributed by atoms with Gasteiger partial charge < -0.3 is 8.83 Å². The molecule has 4 rings (SSSR count). The molecule has 0 unspecified atom stereocenters. The van der Waals surface area contributed by atoms with E-state index in [9.17, 15) is 4.79 Å². The monoisotopic (exact) mass is 332 g/mol. The number of hydrogen-bond acceptors (Lipinski definition) is 6. The summed E-state index contributed by atoms with van der Waals surface area (Å²) in [5.74, 6) is -0.0534. The van der Waals surface area contributed by atoms with Crippen molar-refractivity contribution in [2.24, 2.45) is 0 Å². The second kappa shape index (κ2) is 6.40. The van der Waals surface area contributed by atoms with Gasteiger partial charge in [-0.05, 0) is 35.9 Å². The van der Waals surface area contributed by atoms with Crippen molar-refractivity contribution in [2.75, 3.05) is 5.32 Å². The first-order chi connectivity index (χ1) is 12.3. The minimum Gasteiger partial charge on any atom is -0.472 e. The number of carbonyl (C=O) groups excluding carboxylic acids is 1. The third-order valence-electron chi connectivity index (χ3n) is 3.53. The fourth-order valence-electron chi connectivity index (χ4n) is 2.32. The number of rotatable bonds is 4. The van der Waals surface area contributed by atoms with Crippen molar-refractivity contribution in [2.45, 2.75) is 0 Å². The predicted molar refractivity (Wildman–Crippen MR) is 89.6 cm³/mol. The molecule has 1 N–H and O–H groups in total. The smallest absolute Gasteiger partial charge is 0.322 e. The zero-order valence-corrected chi connectivity index (χ0v) is 12.9. The first-order valence-electron chi connectivity index (χ1n) is 7.47. The summed E-state index contributed by atoms with van der Waals surface area (Å²) >= 11 is 0. The van der Waals surface area contributed by atoms with Gasteiger partial charge in [0.2, 0.25) is 5.89 Å². The number of hydrogen-bond donors (Lipinski definition) is 1. The van der Waals surface area contributed by atoms with E-state index < -0.39 is 0 Å². The van der Waals surface area contributed by atoms with E-state index >= 15 is 0 Å². The summed E-state index contributed by atoms with van der Waals surface area (Å²) in [5, 5.41) is 10.4. The van der Waals surface area contributed by atoms with Gasteiger partial charge in [-0.2, -0.15) is 0 Å². The van der Waals surface area contributed by atoms with E-state index in [1.165, 1.54) is 6.20 Å². The molecule has 3 heterocycles. The fraction of sp³-hybridized carbons (Fsp3) is 0. The molecule has 0 aliphatic carbocycles. The number of pyridine rings is 1. The number of furan rings is 1. The Morgan fingerprint density at radius 1 is 1.00 bits per heavy atom. The molecule has 4 aromatic rings. The summed E-state index contributed by atoms with van der Waals surface area (Å²) in [6.07, 6.45) is 6.32. The standard InChI is InChI=1S/C18H12N4O3/c23-16(14-5-2-7-19-10-14)20-18-22-21-17(25-18)13-4-1-3-12(9-13)15-6-8-24-11-15/h1-11H,(H,20,22,23). The van der Waals surface area contributed by atoms with Crippen molar-refractivity contribution >= 4 is 11.9 Å². The van der Waals surface area contributed by atoms with Crippen molar-refractivity contribution in [1.29, 1.82) is 0 Å².